The largest absolute Gasteiger partial charge is 0.506 e. The number of thioether (sulfide) groups is 1. The normalized spacial score (nSPS) is 17.7. The van der Waals surface area contributed by atoms with Gasteiger partial charge in [-0.3, -0.25) is 4.79 Å². The average molecular weight is 389 g/mol. The van der Waals surface area contributed by atoms with E-state index in [-0.39, 0.29) is 11.7 Å². The number of amidine groups is 1. The van der Waals surface area contributed by atoms with E-state index in [1.807, 2.05) is 43.3 Å². The van der Waals surface area contributed by atoms with Crippen LogP contribution in [0.4, 0.5) is 5.69 Å². The first kappa shape index (κ1) is 15.8. The van der Waals surface area contributed by atoms with E-state index >= 15 is 0 Å². The fourth-order valence-corrected chi connectivity index (χ4v) is 3.36. The molecular weight excluding hydrogens is 376 g/mol. The molecule has 0 saturated carbocycles. The third kappa shape index (κ3) is 3.65. The van der Waals surface area contributed by atoms with Crippen molar-refractivity contribution in [1.82, 2.24) is 5.32 Å². The number of halogens is 1. The van der Waals surface area contributed by atoms with Crippen molar-refractivity contribution < 1.29 is 9.90 Å². The second kappa shape index (κ2) is 6.60. The van der Waals surface area contributed by atoms with E-state index in [9.17, 15) is 9.90 Å². The summed E-state index contributed by atoms with van der Waals surface area (Å²) >= 11 is 4.67. The predicted molar refractivity (Wildman–Crippen MR) is 97.8 cm³/mol. The highest BCUT2D eigenvalue weighted by molar-refractivity contribution is 9.10. The molecule has 0 atom stereocenters. The number of amides is 1. The number of hydrogen-bond donors (Lipinski definition) is 2. The van der Waals surface area contributed by atoms with Gasteiger partial charge in [0, 0.05) is 4.47 Å². The van der Waals surface area contributed by atoms with Gasteiger partial charge in [-0.2, -0.15) is 0 Å². The van der Waals surface area contributed by atoms with E-state index in [1.54, 1.807) is 12.1 Å². The lowest BCUT2D eigenvalue weighted by Crippen LogP contribution is -2.19. The minimum absolute atomic E-state index is 0.0942. The zero-order chi connectivity index (χ0) is 16.4. The third-order valence-corrected chi connectivity index (χ3v) is 4.63. The van der Waals surface area contributed by atoms with Crippen LogP contribution in [-0.2, 0) is 4.79 Å². The fourth-order valence-electron chi connectivity index (χ4n) is 2.12. The molecule has 0 aliphatic carbocycles. The van der Waals surface area contributed by atoms with Crippen molar-refractivity contribution in [3.8, 4) is 5.75 Å². The molecule has 0 spiro atoms. The lowest BCUT2D eigenvalue weighted by Gasteiger charge is -2.03. The highest BCUT2D eigenvalue weighted by Gasteiger charge is 2.24. The molecule has 6 heteroatoms. The van der Waals surface area contributed by atoms with E-state index in [0.29, 0.717) is 15.8 Å². The van der Waals surface area contributed by atoms with Gasteiger partial charge in [-0.15, -0.1) is 0 Å². The summed E-state index contributed by atoms with van der Waals surface area (Å²) in [4.78, 5) is 17.0. The van der Waals surface area contributed by atoms with Crippen LogP contribution in [0.2, 0.25) is 0 Å². The first-order valence-corrected chi connectivity index (χ1v) is 8.47. The first-order chi connectivity index (χ1) is 11.0. The van der Waals surface area contributed by atoms with Gasteiger partial charge in [0.1, 0.15) is 11.4 Å². The number of aromatic hydroxyl groups is 1. The van der Waals surface area contributed by atoms with Crippen LogP contribution in [0.15, 0.2) is 56.8 Å². The summed E-state index contributed by atoms with van der Waals surface area (Å²) in [7, 11) is 0. The Hall–Kier alpha value is -2.05. The van der Waals surface area contributed by atoms with Crippen LogP contribution >= 0.6 is 27.7 Å². The molecule has 23 heavy (non-hydrogen) atoms. The van der Waals surface area contributed by atoms with E-state index in [2.05, 4.69) is 26.2 Å². The zero-order valence-corrected chi connectivity index (χ0v) is 14.6. The number of benzene rings is 2. The molecule has 2 N–H and O–H groups in total. The van der Waals surface area contributed by atoms with Crippen LogP contribution in [0.25, 0.3) is 6.08 Å². The maximum atomic E-state index is 12.1. The molecule has 1 aliphatic rings. The maximum Gasteiger partial charge on any atom is 0.264 e. The molecule has 3 rings (SSSR count). The predicted octanol–water partition coefficient (Wildman–Crippen LogP) is 4.35. The number of phenolic OH excluding ortho intramolecular Hbond substituents is 1. The molecule has 1 fully saturated rings. The molecule has 0 unspecified atom stereocenters. The van der Waals surface area contributed by atoms with Gasteiger partial charge in [0.05, 0.1) is 4.91 Å². The van der Waals surface area contributed by atoms with Gasteiger partial charge in [0.25, 0.3) is 5.91 Å². The number of aryl methyl sites for hydroxylation is 1. The zero-order valence-electron chi connectivity index (χ0n) is 12.2. The Kier molecular flexibility index (Phi) is 4.54. The van der Waals surface area contributed by atoms with Gasteiger partial charge in [-0.05, 0) is 54.1 Å². The molecule has 0 bridgehead atoms. The molecule has 2 aromatic carbocycles. The van der Waals surface area contributed by atoms with Crippen molar-refractivity contribution in [2.24, 2.45) is 4.99 Å². The summed E-state index contributed by atoms with van der Waals surface area (Å²) in [5.41, 5.74) is 2.24. The summed E-state index contributed by atoms with van der Waals surface area (Å²) < 4.78 is 0.953. The van der Waals surface area contributed by atoms with Gasteiger partial charge in [-0.1, -0.05) is 40.2 Å². The van der Waals surface area contributed by atoms with Gasteiger partial charge in [0.15, 0.2) is 5.17 Å². The summed E-state index contributed by atoms with van der Waals surface area (Å²) in [6.07, 6.45) is 1.81. The molecule has 1 heterocycles. The molecule has 0 aromatic heterocycles. The Morgan fingerprint density at radius 1 is 1.26 bits per heavy atom. The number of aliphatic imine (C=N–C) groups is 1. The Morgan fingerprint density at radius 2 is 2.04 bits per heavy atom. The van der Waals surface area contributed by atoms with Crippen molar-refractivity contribution in [1.29, 1.82) is 0 Å². The second-order valence-electron chi connectivity index (χ2n) is 4.98. The summed E-state index contributed by atoms with van der Waals surface area (Å²) in [5.74, 6) is -0.0985. The Bertz CT molecular complexity index is 826. The van der Waals surface area contributed by atoms with Crippen molar-refractivity contribution >= 4 is 50.5 Å². The fraction of sp³-hybridized carbons (Fsp3) is 0.0588. The number of carbonyl (C=O) groups excluding carboxylic acids is 1. The molecule has 4 nitrogen and oxygen atoms in total. The van der Waals surface area contributed by atoms with E-state index < -0.39 is 0 Å². The van der Waals surface area contributed by atoms with Crippen molar-refractivity contribution in [3.63, 3.8) is 0 Å². The van der Waals surface area contributed by atoms with Crippen LogP contribution < -0.4 is 5.32 Å². The Morgan fingerprint density at radius 3 is 2.78 bits per heavy atom. The van der Waals surface area contributed by atoms with Crippen LogP contribution in [0.1, 0.15) is 11.1 Å². The van der Waals surface area contributed by atoms with Gasteiger partial charge in [0.2, 0.25) is 0 Å². The topological polar surface area (TPSA) is 61.7 Å². The van der Waals surface area contributed by atoms with Crippen LogP contribution in [-0.4, -0.2) is 16.2 Å². The summed E-state index contributed by atoms with van der Waals surface area (Å²) in [6.45, 7) is 1.86. The van der Waals surface area contributed by atoms with Gasteiger partial charge in [-0.25, -0.2) is 4.99 Å². The number of phenols is 1. The van der Waals surface area contributed by atoms with Crippen molar-refractivity contribution in [3.05, 3.63) is 63.0 Å². The highest BCUT2D eigenvalue weighted by atomic mass is 79.9. The second-order valence-corrected chi connectivity index (χ2v) is 6.93. The van der Waals surface area contributed by atoms with Gasteiger partial charge >= 0.3 is 0 Å². The van der Waals surface area contributed by atoms with E-state index in [4.69, 9.17) is 0 Å². The van der Waals surface area contributed by atoms with E-state index in [0.717, 1.165) is 15.6 Å². The standard InChI is InChI=1S/C17H13BrN2O2S/c1-10-4-2-7-13(21)15(10)19-17-20-16(22)14(23-17)9-11-5-3-6-12(18)8-11/h2-9,21H,1H3,(H,19,20,22)/b14-9-. The summed E-state index contributed by atoms with van der Waals surface area (Å²) in [6, 6.07) is 12.9. The third-order valence-electron chi connectivity index (χ3n) is 3.23. The molecule has 116 valence electrons. The molecule has 0 radical (unpaired) electrons. The van der Waals surface area contributed by atoms with Crippen LogP contribution in [0.5, 0.6) is 5.75 Å². The lowest BCUT2D eigenvalue weighted by atomic mass is 10.2. The minimum atomic E-state index is -0.193. The number of para-hydroxylation sites is 1. The number of hydrogen-bond acceptors (Lipinski definition) is 4. The quantitative estimate of drug-likeness (QED) is 0.751. The van der Waals surface area contributed by atoms with Crippen LogP contribution in [0, 0.1) is 6.92 Å². The number of nitrogens with one attached hydrogen (secondary N) is 1. The number of carbonyl (C=O) groups is 1. The van der Waals surface area contributed by atoms with Crippen molar-refractivity contribution in [2.45, 2.75) is 6.92 Å². The SMILES string of the molecule is Cc1cccc(O)c1N=C1NC(=O)/C(=C/c2cccc(Br)c2)S1. The molecule has 1 amide bonds. The van der Waals surface area contributed by atoms with Crippen molar-refractivity contribution in [2.75, 3.05) is 0 Å². The Balaban J connectivity index is 1.89. The number of rotatable bonds is 2. The maximum absolute atomic E-state index is 12.1. The number of nitrogens with zero attached hydrogens (tertiary/aromatic N) is 1. The smallest absolute Gasteiger partial charge is 0.264 e. The average Bonchev–Trinajstić information content (AvgIpc) is 2.83. The molecule has 1 aliphatic heterocycles. The van der Waals surface area contributed by atoms with E-state index in [1.165, 1.54) is 11.8 Å². The molecular formula is C17H13BrN2O2S. The lowest BCUT2D eigenvalue weighted by molar-refractivity contribution is -0.115. The first-order valence-electron chi connectivity index (χ1n) is 6.86. The molecule has 2 aromatic rings. The highest BCUT2D eigenvalue weighted by Crippen LogP contribution is 2.33. The molecule has 1 saturated heterocycles. The monoisotopic (exact) mass is 388 g/mol. The Labute approximate surface area is 146 Å². The minimum Gasteiger partial charge on any atom is -0.506 e. The van der Waals surface area contributed by atoms with Gasteiger partial charge < -0.3 is 10.4 Å². The summed E-state index contributed by atoms with van der Waals surface area (Å²) in [5, 5.41) is 13.1. The van der Waals surface area contributed by atoms with Crippen LogP contribution in [0.3, 0.4) is 0 Å².